The molecule has 6 nitrogen and oxygen atoms in total. The minimum atomic E-state index is -0.669. The highest BCUT2D eigenvalue weighted by Gasteiger charge is 2.24. The van der Waals surface area contributed by atoms with E-state index >= 15 is 0 Å². The fourth-order valence-electron chi connectivity index (χ4n) is 2.19. The van der Waals surface area contributed by atoms with Gasteiger partial charge in [-0.2, -0.15) is 5.10 Å². The smallest absolute Gasteiger partial charge is 0.328 e. The maximum Gasteiger partial charge on any atom is 0.328 e. The van der Waals surface area contributed by atoms with Crippen molar-refractivity contribution in [2.45, 2.75) is 26.3 Å². The molecule has 0 saturated heterocycles. The Labute approximate surface area is 122 Å². The lowest BCUT2D eigenvalue weighted by Gasteiger charge is -2.17. The molecule has 21 heavy (non-hydrogen) atoms. The average molecular weight is 289 g/mol. The summed E-state index contributed by atoms with van der Waals surface area (Å²) in [7, 11) is 1.31. The van der Waals surface area contributed by atoms with Crippen LogP contribution in [-0.2, 0) is 9.53 Å². The van der Waals surface area contributed by atoms with E-state index in [-0.39, 0.29) is 17.5 Å². The molecule has 0 aliphatic carbocycles. The van der Waals surface area contributed by atoms with Crippen molar-refractivity contribution >= 4 is 22.8 Å². The monoisotopic (exact) mass is 289 g/mol. The Morgan fingerprint density at radius 2 is 2.05 bits per heavy atom. The van der Waals surface area contributed by atoms with E-state index in [2.05, 4.69) is 15.5 Å². The summed E-state index contributed by atoms with van der Waals surface area (Å²) in [6, 6.07) is 6.67. The zero-order valence-electron chi connectivity index (χ0n) is 12.3. The van der Waals surface area contributed by atoms with Gasteiger partial charge in [-0.25, -0.2) is 4.79 Å². The fourth-order valence-corrected chi connectivity index (χ4v) is 2.19. The van der Waals surface area contributed by atoms with E-state index in [0.29, 0.717) is 6.42 Å². The molecule has 0 spiro atoms. The number of esters is 1. The number of aromatic amines is 1. The van der Waals surface area contributed by atoms with Crippen molar-refractivity contribution in [2.75, 3.05) is 7.11 Å². The van der Waals surface area contributed by atoms with E-state index in [4.69, 9.17) is 4.74 Å². The first-order chi connectivity index (χ1) is 10.0. The van der Waals surface area contributed by atoms with Crippen molar-refractivity contribution in [3.8, 4) is 0 Å². The molecule has 1 amide bonds. The van der Waals surface area contributed by atoms with Crippen LogP contribution >= 0.6 is 0 Å². The second-order valence-corrected chi connectivity index (χ2v) is 5.30. The number of carbonyl (C=O) groups excluding carboxylic acids is 2. The summed E-state index contributed by atoms with van der Waals surface area (Å²) in [6.45, 7) is 3.96. The predicted octanol–water partition coefficient (Wildman–Crippen LogP) is 1.88. The van der Waals surface area contributed by atoms with Crippen LogP contribution in [0.4, 0.5) is 0 Å². The van der Waals surface area contributed by atoms with Gasteiger partial charge in [0.2, 0.25) is 0 Å². The van der Waals surface area contributed by atoms with Crippen LogP contribution in [0.25, 0.3) is 10.9 Å². The largest absolute Gasteiger partial charge is 0.467 e. The topological polar surface area (TPSA) is 84.1 Å². The van der Waals surface area contributed by atoms with E-state index in [1.165, 1.54) is 7.11 Å². The Bertz CT molecular complexity index is 648. The predicted molar refractivity (Wildman–Crippen MR) is 78.8 cm³/mol. The number of nitrogens with zero attached hydrogens (tertiary/aromatic N) is 1. The molecule has 0 saturated carbocycles. The van der Waals surface area contributed by atoms with Gasteiger partial charge in [-0.05, 0) is 18.4 Å². The summed E-state index contributed by atoms with van der Waals surface area (Å²) in [4.78, 5) is 24.1. The van der Waals surface area contributed by atoms with Gasteiger partial charge in [-0.15, -0.1) is 0 Å². The van der Waals surface area contributed by atoms with Crippen LogP contribution in [-0.4, -0.2) is 35.2 Å². The highest BCUT2D eigenvalue weighted by atomic mass is 16.5. The van der Waals surface area contributed by atoms with Gasteiger partial charge in [0.25, 0.3) is 5.91 Å². The molecule has 2 aromatic rings. The van der Waals surface area contributed by atoms with Crippen LogP contribution in [0.1, 0.15) is 30.8 Å². The number of hydrogen-bond donors (Lipinski definition) is 2. The Morgan fingerprint density at radius 3 is 2.71 bits per heavy atom. The molecule has 0 fully saturated rings. The number of amides is 1. The lowest BCUT2D eigenvalue weighted by Crippen LogP contribution is -2.42. The number of carbonyl (C=O) groups is 2. The zero-order chi connectivity index (χ0) is 15.4. The third-order valence-corrected chi connectivity index (χ3v) is 3.18. The van der Waals surface area contributed by atoms with Crippen molar-refractivity contribution in [1.82, 2.24) is 15.5 Å². The minimum absolute atomic E-state index is 0.255. The third-order valence-electron chi connectivity index (χ3n) is 3.18. The van der Waals surface area contributed by atoms with Crippen LogP contribution in [0.3, 0.4) is 0 Å². The van der Waals surface area contributed by atoms with Gasteiger partial charge < -0.3 is 10.1 Å². The zero-order valence-corrected chi connectivity index (χ0v) is 12.3. The summed E-state index contributed by atoms with van der Waals surface area (Å²) in [6.07, 6.45) is 0.515. The number of benzene rings is 1. The summed E-state index contributed by atoms with van der Waals surface area (Å²) < 4.78 is 4.74. The van der Waals surface area contributed by atoms with E-state index < -0.39 is 12.0 Å². The molecule has 2 rings (SSSR count). The lowest BCUT2D eigenvalue weighted by atomic mass is 10.0. The first-order valence-electron chi connectivity index (χ1n) is 6.84. The number of hydrogen-bond acceptors (Lipinski definition) is 4. The molecule has 1 atom stereocenters. The number of nitrogens with one attached hydrogen (secondary N) is 2. The third kappa shape index (κ3) is 3.39. The van der Waals surface area contributed by atoms with Gasteiger partial charge in [-0.1, -0.05) is 32.0 Å². The lowest BCUT2D eigenvalue weighted by molar-refractivity contribution is -0.143. The molecule has 1 aromatic heterocycles. The van der Waals surface area contributed by atoms with E-state index in [0.717, 1.165) is 10.9 Å². The fraction of sp³-hybridized carbons (Fsp3) is 0.400. The summed E-state index contributed by atoms with van der Waals surface area (Å²) in [5.41, 5.74) is 1.06. The molecule has 6 heteroatoms. The number of para-hydroxylation sites is 1. The standard InChI is InChI=1S/C15H19N3O3/c1-9(2)8-12(15(20)21-3)16-14(19)13-10-6-4-5-7-11(10)17-18-13/h4-7,9,12H,8H2,1-3H3,(H,16,19)(H,17,18)/t12-/m1/s1. The van der Waals surface area contributed by atoms with Crippen molar-refractivity contribution in [1.29, 1.82) is 0 Å². The van der Waals surface area contributed by atoms with Gasteiger partial charge >= 0.3 is 5.97 Å². The highest BCUT2D eigenvalue weighted by molar-refractivity contribution is 6.05. The second-order valence-electron chi connectivity index (χ2n) is 5.30. The second kappa shape index (κ2) is 6.39. The van der Waals surface area contributed by atoms with Gasteiger partial charge in [-0.3, -0.25) is 9.89 Å². The van der Waals surface area contributed by atoms with Gasteiger partial charge in [0.1, 0.15) is 6.04 Å². The first-order valence-corrected chi connectivity index (χ1v) is 6.84. The van der Waals surface area contributed by atoms with Crippen LogP contribution in [0.2, 0.25) is 0 Å². The molecule has 0 unspecified atom stereocenters. The molecule has 112 valence electrons. The average Bonchev–Trinajstić information content (AvgIpc) is 2.89. The maximum atomic E-state index is 12.3. The number of ether oxygens (including phenoxy) is 1. The number of H-pyrrole nitrogens is 1. The van der Waals surface area contributed by atoms with Gasteiger partial charge in [0, 0.05) is 5.39 Å². The van der Waals surface area contributed by atoms with Crippen LogP contribution in [0.5, 0.6) is 0 Å². The molecule has 0 aliphatic rings. The van der Waals surface area contributed by atoms with Crippen LogP contribution in [0.15, 0.2) is 24.3 Å². The Kier molecular flexibility index (Phi) is 4.57. The number of rotatable bonds is 5. The molecule has 2 N–H and O–H groups in total. The molecular formula is C15H19N3O3. The van der Waals surface area contributed by atoms with E-state index in [9.17, 15) is 9.59 Å². The number of aromatic nitrogens is 2. The molecule has 1 aromatic carbocycles. The first kappa shape index (κ1) is 15.0. The minimum Gasteiger partial charge on any atom is -0.467 e. The van der Waals surface area contributed by atoms with Crippen LogP contribution in [0, 0.1) is 5.92 Å². The maximum absolute atomic E-state index is 12.3. The molecule has 0 bridgehead atoms. The van der Waals surface area contributed by atoms with Crippen LogP contribution < -0.4 is 5.32 Å². The summed E-state index contributed by atoms with van der Waals surface area (Å²) in [5.74, 6) is -0.578. The number of fused-ring (bicyclic) bond motifs is 1. The van der Waals surface area contributed by atoms with E-state index in [1.807, 2.05) is 38.1 Å². The SMILES string of the molecule is COC(=O)[C@@H](CC(C)C)NC(=O)c1n[nH]c2ccccc12. The molecular weight excluding hydrogens is 270 g/mol. The van der Waals surface area contributed by atoms with Crippen molar-refractivity contribution in [3.63, 3.8) is 0 Å². The Hall–Kier alpha value is -2.37. The number of methoxy groups -OCH3 is 1. The van der Waals surface area contributed by atoms with Crippen molar-refractivity contribution in [2.24, 2.45) is 5.92 Å². The Balaban J connectivity index is 2.20. The van der Waals surface area contributed by atoms with Crippen molar-refractivity contribution in [3.05, 3.63) is 30.0 Å². The summed E-state index contributed by atoms with van der Waals surface area (Å²) >= 11 is 0. The van der Waals surface area contributed by atoms with Crippen molar-refractivity contribution < 1.29 is 14.3 Å². The Morgan fingerprint density at radius 1 is 1.33 bits per heavy atom. The normalized spacial score (nSPS) is 12.4. The quantitative estimate of drug-likeness (QED) is 0.823. The van der Waals surface area contributed by atoms with E-state index in [1.54, 1.807) is 0 Å². The molecule has 0 aliphatic heterocycles. The molecule has 1 heterocycles. The van der Waals surface area contributed by atoms with Gasteiger partial charge in [0.15, 0.2) is 5.69 Å². The molecule has 0 radical (unpaired) electrons. The van der Waals surface area contributed by atoms with Gasteiger partial charge in [0.05, 0.1) is 12.6 Å². The highest BCUT2D eigenvalue weighted by Crippen LogP contribution is 2.15. The summed E-state index contributed by atoms with van der Waals surface area (Å²) in [5, 5.41) is 10.2.